The highest BCUT2D eigenvalue weighted by atomic mass is 16.8. The molecule has 492 valence electrons. The zero-order valence-electron chi connectivity index (χ0n) is 45.0. The third kappa shape index (κ3) is 13.8. The monoisotopic (exact) mass is 1250 g/mol. The van der Waals surface area contributed by atoms with Crippen LogP contribution in [0.3, 0.4) is 0 Å². The summed E-state index contributed by atoms with van der Waals surface area (Å²) in [5.74, 6) is 0. The Morgan fingerprint density at radius 3 is 0.709 bits per heavy atom. The van der Waals surface area contributed by atoms with E-state index in [2.05, 4.69) is 5.32 Å². The van der Waals surface area contributed by atoms with E-state index >= 15 is 0 Å². The van der Waals surface area contributed by atoms with Gasteiger partial charge in [0.2, 0.25) is 0 Å². The second-order valence-corrected chi connectivity index (χ2v) is 21.6. The molecule has 21 N–H and O–H groups in total. The Labute approximate surface area is 485 Å². The number of para-hydroxylation sites is 1. The highest BCUT2D eigenvalue weighted by molar-refractivity contribution is 5.84. The number of aliphatic hydroxyl groups excluding tert-OH is 20. The Hall–Kier alpha value is -2.87. The maximum atomic E-state index is 13.1. The number of carbonyl (C=O) groups excluding carboxylic acids is 1. The highest BCUT2D eigenvalue weighted by Crippen LogP contribution is 2.39. The number of anilines is 1. The molecule has 0 aliphatic carbocycles. The predicted octanol–water partition coefficient (Wildman–Crippen LogP) is -13.0. The minimum atomic E-state index is -2.28. The van der Waals surface area contributed by atoms with Crippen molar-refractivity contribution in [2.75, 3.05) is 51.6 Å². The van der Waals surface area contributed by atoms with Crippen LogP contribution in [0, 0.1) is 0 Å². The zero-order valence-corrected chi connectivity index (χ0v) is 45.0. The molecule has 0 saturated carbocycles. The summed E-state index contributed by atoms with van der Waals surface area (Å²) in [5, 5.41) is 226. The van der Waals surface area contributed by atoms with Gasteiger partial charge in [0.15, 0.2) is 44.0 Å². The second kappa shape index (κ2) is 29.2. The molecule has 14 bridgehead atoms. The number of rotatable bonds is 9. The van der Waals surface area contributed by atoms with Crippen molar-refractivity contribution in [2.45, 2.75) is 215 Å². The van der Waals surface area contributed by atoms with Gasteiger partial charge in [-0.1, -0.05) is 18.2 Å². The quantitative estimate of drug-likeness (QED) is 0.109. The van der Waals surface area contributed by atoms with E-state index in [1.165, 1.54) is 12.1 Å². The minimum absolute atomic E-state index is 0.253. The third-order valence-electron chi connectivity index (χ3n) is 16.0. The average Bonchev–Trinajstić information content (AvgIpc) is 1.19. The molecule has 37 heteroatoms. The van der Waals surface area contributed by atoms with Gasteiger partial charge >= 0.3 is 6.09 Å². The topological polar surface area (TPSA) is 572 Å². The Morgan fingerprint density at radius 1 is 0.302 bits per heavy atom. The highest BCUT2D eigenvalue weighted by Gasteiger charge is 2.59. The summed E-state index contributed by atoms with van der Waals surface area (Å²) in [6, 6.07) is 7.82. The van der Waals surface area contributed by atoms with E-state index in [1.54, 1.807) is 18.2 Å². The molecule has 86 heavy (non-hydrogen) atoms. The molecular weight excluding hydrogens is 1180 g/mol. The molecule has 0 spiro atoms. The van der Waals surface area contributed by atoms with Gasteiger partial charge in [-0.3, -0.25) is 5.32 Å². The van der Waals surface area contributed by atoms with Crippen molar-refractivity contribution < 1.29 is 178 Å². The summed E-state index contributed by atoms with van der Waals surface area (Å²) in [5.41, 5.74) is 0.253. The van der Waals surface area contributed by atoms with E-state index in [0.717, 1.165) is 0 Å². The van der Waals surface area contributed by atoms with Crippen molar-refractivity contribution in [1.29, 1.82) is 0 Å². The first kappa shape index (κ1) is 67.5. The van der Waals surface area contributed by atoms with Gasteiger partial charge in [0.25, 0.3) is 0 Å². The Kier molecular flexibility index (Phi) is 22.9. The number of hydrogen-bond donors (Lipinski definition) is 21. The fraction of sp³-hybridized carbons (Fsp3) is 0.857. The molecule has 21 heterocycles. The normalized spacial score (nSPS) is 50.6. The van der Waals surface area contributed by atoms with Crippen LogP contribution in [0.2, 0.25) is 0 Å². The van der Waals surface area contributed by atoms with E-state index in [-0.39, 0.29) is 5.69 Å². The summed E-state index contributed by atoms with van der Waals surface area (Å²) in [6.07, 6.45) is -72.8. The summed E-state index contributed by atoms with van der Waals surface area (Å²) < 4.78 is 86.0. The maximum absolute atomic E-state index is 13.1. The standard InChI is InChI=1S/C49H75NO36/c51-6-14-35-22(58)29(65)43(74-14)82-37-16(8-53)76-45(31(67)24(37)60)84-39-18(10-55)78-47(33(69)26(39)62)86-41-20(12-72-49(71)50-13-4-2-1-3-5-13)79-48(34(70)27(41)63)85-40-19(11-56)77-46(32(68)25(40)61)83-38-17(9-54)75-44(30(66)23(38)59)81-36-15(7-52)73-42(80-35)28(64)21(36)57/h1-5,14-48,51-70H,6-12H2,(H,50,71)/t14-,15-,16-,17-,18-,19-,20-,21-,22-,23-,24-,25-,26-,27-,28-,29-,30-,31-,32-,33-,34-,35-,36-,37-,38-,39-,40-,41-,42-,43-,44-,45-,46-,47-,48-/m1/s1. The number of ether oxygens (including phenoxy) is 15. The largest absolute Gasteiger partial charge is 0.446 e. The molecule has 0 unspecified atom stereocenters. The van der Waals surface area contributed by atoms with Gasteiger partial charge in [-0.25, -0.2) is 4.79 Å². The molecule has 1 aromatic rings. The number of nitrogens with one attached hydrogen (secondary N) is 1. The molecule has 0 radical (unpaired) electrons. The van der Waals surface area contributed by atoms with Crippen molar-refractivity contribution >= 4 is 11.8 Å². The van der Waals surface area contributed by atoms with E-state index < -0.39 is 267 Å². The number of benzene rings is 1. The molecule has 21 saturated heterocycles. The Morgan fingerprint density at radius 2 is 0.500 bits per heavy atom. The van der Waals surface area contributed by atoms with Gasteiger partial charge in [0.1, 0.15) is 178 Å². The van der Waals surface area contributed by atoms with Gasteiger partial charge < -0.3 is 173 Å². The van der Waals surface area contributed by atoms with Gasteiger partial charge in [-0.2, -0.15) is 0 Å². The smallest absolute Gasteiger partial charge is 0.411 e. The first-order chi connectivity index (χ1) is 41.1. The molecule has 35 atom stereocenters. The lowest BCUT2D eigenvalue weighted by Gasteiger charge is -2.50. The molecule has 22 rings (SSSR count). The molecule has 1 aromatic carbocycles. The average molecular weight is 1250 g/mol. The molecule has 21 fully saturated rings. The molecule has 37 nitrogen and oxygen atoms in total. The fourth-order valence-electron chi connectivity index (χ4n) is 11.2. The molecule has 21 aliphatic rings. The van der Waals surface area contributed by atoms with Crippen molar-refractivity contribution in [1.82, 2.24) is 0 Å². The van der Waals surface area contributed by atoms with Crippen molar-refractivity contribution in [3.63, 3.8) is 0 Å². The lowest BCUT2D eigenvalue weighted by atomic mass is 9.95. The first-order valence-electron chi connectivity index (χ1n) is 27.4. The third-order valence-corrected chi connectivity index (χ3v) is 16.0. The summed E-state index contributed by atoms with van der Waals surface area (Å²) in [6.45, 7) is -7.34. The van der Waals surface area contributed by atoms with Crippen LogP contribution in [0.15, 0.2) is 30.3 Å². The lowest BCUT2D eigenvalue weighted by Crippen LogP contribution is -2.68. The summed E-state index contributed by atoms with van der Waals surface area (Å²) >= 11 is 0. The van der Waals surface area contributed by atoms with Crippen molar-refractivity contribution in [2.24, 2.45) is 0 Å². The predicted molar refractivity (Wildman–Crippen MR) is 263 cm³/mol. The first-order valence-corrected chi connectivity index (χ1v) is 27.4. The minimum Gasteiger partial charge on any atom is -0.446 e. The Balaban J connectivity index is 1.01. The number of carbonyl (C=O) groups is 1. The number of amides is 1. The van der Waals surface area contributed by atoms with Crippen LogP contribution in [0.5, 0.6) is 0 Å². The fourth-order valence-corrected chi connectivity index (χ4v) is 11.2. The van der Waals surface area contributed by atoms with Gasteiger partial charge in [0.05, 0.1) is 39.6 Å². The van der Waals surface area contributed by atoms with E-state index in [4.69, 9.17) is 71.1 Å². The van der Waals surface area contributed by atoms with Crippen LogP contribution >= 0.6 is 0 Å². The molecule has 1 amide bonds. The van der Waals surface area contributed by atoms with Crippen molar-refractivity contribution in [3.8, 4) is 0 Å². The van der Waals surface area contributed by atoms with Gasteiger partial charge in [-0.05, 0) is 12.1 Å². The number of aliphatic hydroxyl groups is 20. The van der Waals surface area contributed by atoms with E-state index in [9.17, 15) is 107 Å². The Bertz CT molecular complexity index is 2260. The van der Waals surface area contributed by atoms with Crippen LogP contribution < -0.4 is 5.32 Å². The zero-order chi connectivity index (χ0) is 62.2. The molecule has 0 aromatic heterocycles. The van der Waals surface area contributed by atoms with E-state index in [1.807, 2.05) is 0 Å². The van der Waals surface area contributed by atoms with Crippen LogP contribution in [-0.2, 0) is 71.1 Å². The van der Waals surface area contributed by atoms with E-state index in [0.29, 0.717) is 0 Å². The summed E-state index contributed by atoms with van der Waals surface area (Å²) in [7, 11) is 0. The summed E-state index contributed by atoms with van der Waals surface area (Å²) in [4.78, 5) is 13.1. The number of hydrogen-bond acceptors (Lipinski definition) is 36. The maximum Gasteiger partial charge on any atom is 0.411 e. The lowest BCUT2D eigenvalue weighted by molar-refractivity contribution is -0.396. The molecule has 21 aliphatic heterocycles. The van der Waals surface area contributed by atoms with Crippen LogP contribution in [0.25, 0.3) is 0 Å². The second-order valence-electron chi connectivity index (χ2n) is 21.6. The van der Waals surface area contributed by atoms with Crippen LogP contribution in [-0.4, -0.2) is 369 Å². The van der Waals surface area contributed by atoms with Crippen molar-refractivity contribution in [3.05, 3.63) is 30.3 Å². The van der Waals surface area contributed by atoms with Gasteiger partial charge in [0, 0.05) is 5.69 Å². The van der Waals surface area contributed by atoms with Gasteiger partial charge in [-0.15, -0.1) is 0 Å². The van der Waals surface area contributed by atoms with Crippen LogP contribution in [0.4, 0.5) is 10.5 Å². The SMILES string of the molecule is O=C(Nc1ccccc1)OC[C@H]1O[C@@H]2O[C@H]3[C@H](O)[C@@H](O)[C@@H](O[C@H]4[C@H](O)[C@@H](O)[C@@H](O[C@H]5[C@H](O)[C@@H](O)[C@@H](O[C@H]6[C@H](O)[C@@H](O)[C@@H](O[C@H]7[C@H](O)[C@@H](O)[C@@H](O[C@H]8[C@H](O)[C@@H](O)[C@@H](O[C@H]1[C@H](O)[C@H]2O)O[C@@H]8CO)O[C@@H]7CO)O[C@@H]6CO)O[C@@H]5CO)O[C@@H]4CO)O[C@@H]3CO. The molecular formula is C49H75NO36. The van der Waals surface area contributed by atoms with Crippen LogP contribution in [0.1, 0.15) is 0 Å².